The Morgan fingerprint density at radius 2 is 2.11 bits per heavy atom. The van der Waals surface area contributed by atoms with E-state index >= 15 is 0 Å². The van der Waals surface area contributed by atoms with Crippen LogP contribution in [0.4, 0.5) is 0 Å². The topological polar surface area (TPSA) is 26.3 Å². The summed E-state index contributed by atoms with van der Waals surface area (Å²) < 4.78 is 5.64. The molecule has 0 saturated carbocycles. The number of fused-ring (bicyclic) bond motifs is 1. The van der Waals surface area contributed by atoms with Crippen molar-refractivity contribution in [3.63, 3.8) is 0 Å². The Morgan fingerprint density at radius 3 is 2.95 bits per heavy atom. The number of carbonyl (C=O) groups is 1. The summed E-state index contributed by atoms with van der Waals surface area (Å²) in [6, 6.07) is 8.14. The van der Waals surface area contributed by atoms with Crippen LogP contribution in [0.2, 0.25) is 0 Å². The molecular weight excluding hydrogens is 236 g/mol. The van der Waals surface area contributed by atoms with Crippen molar-refractivity contribution in [2.24, 2.45) is 0 Å². The van der Waals surface area contributed by atoms with Gasteiger partial charge in [-0.05, 0) is 30.4 Å². The van der Waals surface area contributed by atoms with E-state index in [0.717, 1.165) is 31.6 Å². The lowest BCUT2D eigenvalue weighted by atomic mass is 9.88. The standard InChI is InChI=1S/C17H24O2/c1-2-3-4-5-8-15(18)13-14-11-12-19-17-10-7-6-9-16(14)17/h6-7,9-10,14H,2-5,8,11-13H2,1H3. The van der Waals surface area contributed by atoms with Crippen LogP contribution in [0.1, 0.15) is 63.4 Å². The van der Waals surface area contributed by atoms with Crippen molar-refractivity contribution in [1.29, 1.82) is 0 Å². The molecule has 0 aliphatic carbocycles. The van der Waals surface area contributed by atoms with E-state index in [0.29, 0.717) is 18.1 Å². The van der Waals surface area contributed by atoms with Crippen LogP contribution in [0.15, 0.2) is 24.3 Å². The number of ketones is 1. The lowest BCUT2D eigenvalue weighted by molar-refractivity contribution is -0.119. The molecule has 1 aliphatic rings. The second kappa shape index (κ2) is 7.32. The van der Waals surface area contributed by atoms with E-state index in [-0.39, 0.29) is 0 Å². The summed E-state index contributed by atoms with van der Waals surface area (Å²) in [4.78, 5) is 12.0. The van der Waals surface area contributed by atoms with Crippen LogP contribution in [0.25, 0.3) is 0 Å². The molecule has 1 aliphatic heterocycles. The Labute approximate surface area is 116 Å². The molecule has 0 fully saturated rings. The van der Waals surface area contributed by atoms with Gasteiger partial charge >= 0.3 is 0 Å². The lowest BCUT2D eigenvalue weighted by Crippen LogP contribution is -2.17. The Kier molecular flexibility index (Phi) is 5.44. The summed E-state index contributed by atoms with van der Waals surface area (Å²) in [5.41, 5.74) is 1.22. The molecule has 0 saturated heterocycles. The summed E-state index contributed by atoms with van der Waals surface area (Å²) in [5, 5.41) is 0. The monoisotopic (exact) mass is 260 g/mol. The smallest absolute Gasteiger partial charge is 0.133 e. The molecule has 1 heterocycles. The van der Waals surface area contributed by atoms with Crippen molar-refractivity contribution < 1.29 is 9.53 Å². The first-order chi connectivity index (χ1) is 9.31. The molecule has 1 unspecified atom stereocenters. The molecule has 104 valence electrons. The van der Waals surface area contributed by atoms with Crippen LogP contribution in [-0.2, 0) is 4.79 Å². The number of unbranched alkanes of at least 4 members (excludes halogenated alkanes) is 3. The van der Waals surface area contributed by atoms with E-state index in [2.05, 4.69) is 13.0 Å². The average Bonchev–Trinajstić information content (AvgIpc) is 2.44. The van der Waals surface area contributed by atoms with Crippen LogP contribution in [-0.4, -0.2) is 12.4 Å². The first-order valence-electron chi connectivity index (χ1n) is 7.54. The van der Waals surface area contributed by atoms with Gasteiger partial charge in [-0.25, -0.2) is 0 Å². The molecule has 1 aromatic carbocycles. The third kappa shape index (κ3) is 4.09. The van der Waals surface area contributed by atoms with Gasteiger partial charge in [0.2, 0.25) is 0 Å². The summed E-state index contributed by atoms with van der Waals surface area (Å²) >= 11 is 0. The average molecular weight is 260 g/mol. The Hall–Kier alpha value is -1.31. The predicted octanol–water partition coefficient (Wildman–Crippen LogP) is 4.48. The van der Waals surface area contributed by atoms with Gasteiger partial charge in [-0.1, -0.05) is 44.4 Å². The molecule has 0 N–H and O–H groups in total. The largest absolute Gasteiger partial charge is 0.493 e. The van der Waals surface area contributed by atoms with Gasteiger partial charge in [-0.15, -0.1) is 0 Å². The number of benzene rings is 1. The van der Waals surface area contributed by atoms with Gasteiger partial charge in [0.15, 0.2) is 0 Å². The molecule has 1 aromatic rings. The summed E-state index contributed by atoms with van der Waals surface area (Å²) in [6.45, 7) is 2.94. The SMILES string of the molecule is CCCCCCC(=O)CC1CCOc2ccccc21. The first-order valence-corrected chi connectivity index (χ1v) is 7.54. The molecule has 0 bridgehead atoms. The van der Waals surface area contributed by atoms with E-state index in [4.69, 9.17) is 4.74 Å². The summed E-state index contributed by atoms with van der Waals surface area (Å²) in [7, 11) is 0. The van der Waals surface area contributed by atoms with E-state index in [9.17, 15) is 4.79 Å². The molecule has 0 spiro atoms. The number of carbonyl (C=O) groups excluding carboxylic acids is 1. The zero-order valence-electron chi connectivity index (χ0n) is 11.9. The first kappa shape index (κ1) is 14.1. The summed E-state index contributed by atoms with van der Waals surface area (Å²) in [5.74, 6) is 1.75. The Bertz CT molecular complexity index is 411. The van der Waals surface area contributed by atoms with Crippen molar-refractivity contribution in [2.45, 2.75) is 57.8 Å². The maximum atomic E-state index is 12.0. The zero-order valence-corrected chi connectivity index (χ0v) is 11.9. The van der Waals surface area contributed by atoms with Gasteiger partial charge < -0.3 is 4.74 Å². The second-order valence-electron chi connectivity index (χ2n) is 5.43. The van der Waals surface area contributed by atoms with Crippen LogP contribution < -0.4 is 4.74 Å². The molecule has 2 rings (SSSR count). The quantitative estimate of drug-likeness (QED) is 0.675. The van der Waals surface area contributed by atoms with Crippen LogP contribution in [0, 0.1) is 0 Å². The van der Waals surface area contributed by atoms with Crippen LogP contribution in [0.3, 0.4) is 0 Å². The van der Waals surface area contributed by atoms with E-state index in [1.807, 2.05) is 18.2 Å². The van der Waals surface area contributed by atoms with Gasteiger partial charge in [-0.3, -0.25) is 4.79 Å². The molecule has 2 heteroatoms. The highest BCUT2D eigenvalue weighted by atomic mass is 16.5. The van der Waals surface area contributed by atoms with Crippen molar-refractivity contribution in [3.05, 3.63) is 29.8 Å². The van der Waals surface area contributed by atoms with Gasteiger partial charge in [-0.2, -0.15) is 0 Å². The fraction of sp³-hybridized carbons (Fsp3) is 0.588. The van der Waals surface area contributed by atoms with Gasteiger partial charge in [0.25, 0.3) is 0 Å². The van der Waals surface area contributed by atoms with Crippen molar-refractivity contribution in [1.82, 2.24) is 0 Å². The van der Waals surface area contributed by atoms with E-state index in [1.165, 1.54) is 24.8 Å². The number of hydrogen-bond donors (Lipinski definition) is 0. The fourth-order valence-corrected chi connectivity index (χ4v) is 2.75. The van der Waals surface area contributed by atoms with Crippen molar-refractivity contribution in [3.8, 4) is 5.75 Å². The molecule has 0 radical (unpaired) electrons. The fourth-order valence-electron chi connectivity index (χ4n) is 2.75. The maximum Gasteiger partial charge on any atom is 0.133 e. The van der Waals surface area contributed by atoms with Crippen LogP contribution in [0.5, 0.6) is 5.75 Å². The van der Waals surface area contributed by atoms with Gasteiger partial charge in [0.05, 0.1) is 6.61 Å². The summed E-state index contributed by atoms with van der Waals surface area (Å²) in [6.07, 6.45) is 7.11. The Morgan fingerprint density at radius 1 is 1.26 bits per heavy atom. The highest BCUT2D eigenvalue weighted by molar-refractivity contribution is 5.79. The predicted molar refractivity (Wildman–Crippen MR) is 77.7 cm³/mol. The van der Waals surface area contributed by atoms with Crippen molar-refractivity contribution in [2.75, 3.05) is 6.61 Å². The number of hydrogen-bond acceptors (Lipinski definition) is 2. The normalized spacial score (nSPS) is 17.6. The maximum absolute atomic E-state index is 12.0. The lowest BCUT2D eigenvalue weighted by Gasteiger charge is -2.25. The van der Waals surface area contributed by atoms with Gasteiger partial charge in [0.1, 0.15) is 11.5 Å². The highest BCUT2D eigenvalue weighted by Crippen LogP contribution is 2.35. The molecule has 1 atom stereocenters. The minimum absolute atomic E-state index is 0.364. The third-order valence-electron chi connectivity index (χ3n) is 3.87. The molecule has 19 heavy (non-hydrogen) atoms. The molecular formula is C17H24O2. The number of para-hydroxylation sites is 1. The van der Waals surface area contributed by atoms with Crippen LogP contribution >= 0.6 is 0 Å². The highest BCUT2D eigenvalue weighted by Gasteiger charge is 2.22. The number of ether oxygens (including phenoxy) is 1. The second-order valence-corrected chi connectivity index (χ2v) is 5.43. The Balaban J connectivity index is 1.85. The molecule has 2 nitrogen and oxygen atoms in total. The van der Waals surface area contributed by atoms with E-state index in [1.54, 1.807) is 0 Å². The number of rotatable bonds is 7. The zero-order chi connectivity index (χ0) is 13.5. The van der Waals surface area contributed by atoms with Gasteiger partial charge in [0, 0.05) is 12.8 Å². The molecule has 0 aromatic heterocycles. The van der Waals surface area contributed by atoms with Crippen molar-refractivity contribution >= 4 is 5.78 Å². The van der Waals surface area contributed by atoms with E-state index < -0.39 is 0 Å². The number of Topliss-reactive ketones (excluding diaryl/α,β-unsaturated/α-hetero) is 1. The molecule has 0 amide bonds. The minimum atomic E-state index is 0.364. The third-order valence-corrected chi connectivity index (χ3v) is 3.87. The minimum Gasteiger partial charge on any atom is -0.493 e.